The molecule has 0 aromatic carbocycles. The van der Waals surface area contributed by atoms with Crippen molar-refractivity contribution in [2.24, 2.45) is 0 Å². The number of pyridine rings is 1. The Morgan fingerprint density at radius 2 is 2.17 bits per heavy atom. The van der Waals surface area contributed by atoms with Crippen molar-refractivity contribution in [2.75, 3.05) is 11.9 Å². The molecule has 1 aromatic heterocycles. The molecule has 0 bridgehead atoms. The number of aromatic nitrogens is 1. The van der Waals surface area contributed by atoms with Crippen molar-refractivity contribution in [3.05, 3.63) is 24.5 Å². The number of aliphatic hydroxyl groups excluding tert-OH is 1. The molecule has 1 heterocycles. The molecule has 0 aliphatic carbocycles. The van der Waals surface area contributed by atoms with E-state index in [4.69, 9.17) is 5.11 Å². The van der Waals surface area contributed by atoms with Crippen molar-refractivity contribution in [2.45, 2.75) is 19.4 Å². The fourth-order valence-corrected chi connectivity index (χ4v) is 0.895. The van der Waals surface area contributed by atoms with E-state index in [2.05, 4.69) is 10.3 Å². The zero-order valence-corrected chi connectivity index (χ0v) is 7.20. The molecule has 12 heavy (non-hydrogen) atoms. The van der Waals surface area contributed by atoms with Crippen LogP contribution in [0, 0.1) is 0 Å². The van der Waals surface area contributed by atoms with Crippen molar-refractivity contribution in [1.29, 1.82) is 0 Å². The normalized spacial score (nSPS) is 12.5. The Bertz CT molecular complexity index is 211. The van der Waals surface area contributed by atoms with Crippen LogP contribution in [-0.2, 0) is 0 Å². The summed E-state index contributed by atoms with van der Waals surface area (Å²) in [6.07, 6.45) is 4.01. The van der Waals surface area contributed by atoms with Gasteiger partial charge in [-0.1, -0.05) is 0 Å². The molecule has 0 amide bonds. The number of hydrogen-bond donors (Lipinski definition) is 2. The molecule has 1 atom stereocenters. The second-order valence-electron chi connectivity index (χ2n) is 2.80. The third kappa shape index (κ3) is 3.34. The zero-order valence-electron chi connectivity index (χ0n) is 7.20. The van der Waals surface area contributed by atoms with Gasteiger partial charge in [-0.05, 0) is 25.5 Å². The maximum Gasteiger partial charge on any atom is 0.0528 e. The summed E-state index contributed by atoms with van der Waals surface area (Å²) in [5.74, 6) is 0. The van der Waals surface area contributed by atoms with E-state index in [9.17, 15) is 0 Å². The highest BCUT2D eigenvalue weighted by molar-refractivity contribution is 5.40. The third-order valence-electron chi connectivity index (χ3n) is 1.57. The van der Waals surface area contributed by atoms with Gasteiger partial charge in [0.15, 0.2) is 0 Å². The number of rotatable bonds is 4. The highest BCUT2D eigenvalue weighted by atomic mass is 16.3. The molecule has 3 nitrogen and oxygen atoms in total. The zero-order chi connectivity index (χ0) is 8.81. The van der Waals surface area contributed by atoms with Crippen molar-refractivity contribution in [3.63, 3.8) is 0 Å². The molecule has 0 saturated heterocycles. The van der Waals surface area contributed by atoms with Gasteiger partial charge in [0, 0.05) is 24.6 Å². The van der Waals surface area contributed by atoms with Gasteiger partial charge in [0.25, 0.3) is 0 Å². The van der Waals surface area contributed by atoms with Crippen LogP contribution in [0.15, 0.2) is 24.5 Å². The summed E-state index contributed by atoms with van der Waals surface area (Å²) in [4.78, 5) is 3.90. The highest BCUT2D eigenvalue weighted by Crippen LogP contribution is 2.03. The molecule has 0 aliphatic heterocycles. The van der Waals surface area contributed by atoms with Gasteiger partial charge < -0.3 is 10.4 Å². The molecule has 0 aliphatic rings. The predicted molar refractivity (Wildman–Crippen MR) is 49.0 cm³/mol. The van der Waals surface area contributed by atoms with E-state index >= 15 is 0 Å². The lowest BCUT2D eigenvalue weighted by Gasteiger charge is -2.06. The van der Waals surface area contributed by atoms with Gasteiger partial charge in [-0.3, -0.25) is 4.98 Å². The molecule has 0 spiro atoms. The summed E-state index contributed by atoms with van der Waals surface area (Å²) in [6, 6.07) is 3.81. The first-order valence-corrected chi connectivity index (χ1v) is 4.11. The molecule has 0 saturated carbocycles. The molecule has 0 unspecified atom stereocenters. The lowest BCUT2D eigenvalue weighted by atomic mass is 10.3. The van der Waals surface area contributed by atoms with Crippen molar-refractivity contribution < 1.29 is 5.11 Å². The Morgan fingerprint density at radius 1 is 1.50 bits per heavy atom. The predicted octanol–water partition coefficient (Wildman–Crippen LogP) is 1.26. The fourth-order valence-electron chi connectivity index (χ4n) is 0.895. The van der Waals surface area contributed by atoms with Crippen LogP contribution in [0.2, 0.25) is 0 Å². The summed E-state index contributed by atoms with van der Waals surface area (Å²) in [7, 11) is 0. The van der Waals surface area contributed by atoms with Gasteiger partial charge in [0.05, 0.1) is 6.10 Å². The van der Waals surface area contributed by atoms with Crippen LogP contribution in [0.3, 0.4) is 0 Å². The van der Waals surface area contributed by atoms with E-state index in [1.807, 2.05) is 12.1 Å². The number of hydrogen-bond acceptors (Lipinski definition) is 3. The molecule has 0 radical (unpaired) electrons. The van der Waals surface area contributed by atoms with Gasteiger partial charge >= 0.3 is 0 Å². The molecule has 3 heteroatoms. The van der Waals surface area contributed by atoms with Crippen molar-refractivity contribution in [1.82, 2.24) is 4.98 Å². The first-order chi connectivity index (χ1) is 5.79. The molecule has 1 rings (SSSR count). The van der Waals surface area contributed by atoms with Gasteiger partial charge in [0.1, 0.15) is 0 Å². The maximum atomic E-state index is 8.98. The van der Waals surface area contributed by atoms with E-state index in [1.54, 1.807) is 19.3 Å². The summed E-state index contributed by atoms with van der Waals surface area (Å²) >= 11 is 0. The minimum absolute atomic E-state index is 0.237. The topological polar surface area (TPSA) is 45.1 Å². The Hall–Kier alpha value is -1.09. The van der Waals surface area contributed by atoms with Gasteiger partial charge in [-0.25, -0.2) is 0 Å². The van der Waals surface area contributed by atoms with Crippen LogP contribution < -0.4 is 5.32 Å². The van der Waals surface area contributed by atoms with Crippen LogP contribution in [-0.4, -0.2) is 22.7 Å². The lowest BCUT2D eigenvalue weighted by molar-refractivity contribution is 0.189. The third-order valence-corrected chi connectivity index (χ3v) is 1.57. The van der Waals surface area contributed by atoms with Crippen LogP contribution in [0.5, 0.6) is 0 Å². The maximum absolute atomic E-state index is 8.98. The van der Waals surface area contributed by atoms with Crippen LogP contribution in [0.4, 0.5) is 5.69 Å². The molecule has 1 aromatic rings. The second-order valence-corrected chi connectivity index (χ2v) is 2.80. The van der Waals surface area contributed by atoms with E-state index in [1.165, 1.54) is 0 Å². The first-order valence-electron chi connectivity index (χ1n) is 4.11. The van der Waals surface area contributed by atoms with Crippen LogP contribution in [0.1, 0.15) is 13.3 Å². The SMILES string of the molecule is C[C@H](O)CCNc1ccncc1. The summed E-state index contributed by atoms with van der Waals surface area (Å²) in [6.45, 7) is 2.58. The van der Waals surface area contributed by atoms with Crippen LogP contribution in [0.25, 0.3) is 0 Å². The van der Waals surface area contributed by atoms with Gasteiger partial charge in [0.2, 0.25) is 0 Å². The fraction of sp³-hybridized carbons (Fsp3) is 0.444. The van der Waals surface area contributed by atoms with Crippen molar-refractivity contribution in [3.8, 4) is 0 Å². The first kappa shape index (κ1) is 9.00. The Labute approximate surface area is 72.5 Å². The molecular weight excluding hydrogens is 152 g/mol. The number of nitrogens with zero attached hydrogens (tertiary/aromatic N) is 1. The van der Waals surface area contributed by atoms with E-state index in [0.717, 1.165) is 18.7 Å². The molecular formula is C9H14N2O. The number of anilines is 1. The van der Waals surface area contributed by atoms with Gasteiger partial charge in [-0.2, -0.15) is 0 Å². The standard InChI is InChI=1S/C9H14N2O/c1-8(12)2-7-11-9-3-5-10-6-4-9/h3-6,8,12H,2,7H2,1H3,(H,10,11)/t8-/m0/s1. The second kappa shape index (κ2) is 4.72. The van der Waals surface area contributed by atoms with Crippen molar-refractivity contribution >= 4 is 5.69 Å². The Morgan fingerprint density at radius 3 is 2.75 bits per heavy atom. The Balaban J connectivity index is 2.25. The Kier molecular flexibility index (Phi) is 3.54. The summed E-state index contributed by atoms with van der Waals surface area (Å²) < 4.78 is 0. The van der Waals surface area contributed by atoms with E-state index in [0.29, 0.717) is 0 Å². The summed E-state index contributed by atoms with van der Waals surface area (Å²) in [5.41, 5.74) is 1.05. The summed E-state index contributed by atoms with van der Waals surface area (Å²) in [5, 5.41) is 12.2. The van der Waals surface area contributed by atoms with Gasteiger partial charge in [-0.15, -0.1) is 0 Å². The smallest absolute Gasteiger partial charge is 0.0528 e. The average Bonchev–Trinajstić information content (AvgIpc) is 2.05. The van der Waals surface area contributed by atoms with Crippen LogP contribution >= 0.6 is 0 Å². The molecule has 66 valence electrons. The number of aliphatic hydroxyl groups is 1. The average molecular weight is 166 g/mol. The van der Waals surface area contributed by atoms with E-state index < -0.39 is 0 Å². The minimum Gasteiger partial charge on any atom is -0.393 e. The monoisotopic (exact) mass is 166 g/mol. The molecule has 0 fully saturated rings. The number of nitrogens with one attached hydrogen (secondary N) is 1. The quantitative estimate of drug-likeness (QED) is 0.708. The largest absolute Gasteiger partial charge is 0.393 e. The highest BCUT2D eigenvalue weighted by Gasteiger charge is 1.94. The van der Waals surface area contributed by atoms with E-state index in [-0.39, 0.29) is 6.10 Å². The minimum atomic E-state index is -0.237. The molecule has 2 N–H and O–H groups in total. The lowest BCUT2D eigenvalue weighted by Crippen LogP contribution is -2.09.